The van der Waals surface area contributed by atoms with E-state index < -0.39 is 0 Å². The van der Waals surface area contributed by atoms with Gasteiger partial charge in [0.2, 0.25) is 0 Å². The van der Waals surface area contributed by atoms with Crippen molar-refractivity contribution in [2.24, 2.45) is 23.5 Å². The molecule has 2 heteroatoms. The molecule has 0 aliphatic heterocycles. The maximum absolute atomic E-state index is 8.56. The van der Waals surface area contributed by atoms with Gasteiger partial charge < -0.3 is 5.73 Å². The van der Waals surface area contributed by atoms with E-state index in [4.69, 9.17) is 5.73 Å². The quantitative estimate of drug-likeness (QED) is 0.0608. The monoisotopic (exact) mass is 824 g/mol. The topological polar surface area (TPSA) is 26.0 Å². The molecule has 0 fully saturated rings. The molecule has 0 bridgehead atoms. The molecular formula is C55H114ClN. The van der Waals surface area contributed by atoms with Gasteiger partial charge in [0.05, 0.1) is 0 Å². The van der Waals surface area contributed by atoms with Gasteiger partial charge in [0, 0.05) is 5.54 Å². The van der Waals surface area contributed by atoms with Crippen LogP contribution in [0.25, 0.3) is 0 Å². The largest absolute Gasteiger partial charge is 0.324 e. The fraction of sp³-hybridized carbons (Fsp3) is 1.00. The lowest BCUT2D eigenvalue weighted by molar-refractivity contribution is 0.0532. The predicted octanol–water partition coefficient (Wildman–Crippen LogP) is 20.6. The summed E-state index contributed by atoms with van der Waals surface area (Å²) in [6.07, 6.45) is 63.9. The fourth-order valence-corrected chi connectivity index (χ4v) is 10.5. The van der Waals surface area contributed by atoms with Crippen molar-refractivity contribution in [1.82, 2.24) is 0 Å². The highest BCUT2D eigenvalue weighted by Gasteiger charge is 2.46. The Bertz CT molecular complexity index is 628. The Hall–Kier alpha value is 0.250. The summed E-state index contributed by atoms with van der Waals surface area (Å²) >= 11 is 0. The van der Waals surface area contributed by atoms with Gasteiger partial charge >= 0.3 is 0 Å². The molecule has 0 saturated carbocycles. The summed E-state index contributed by atoms with van der Waals surface area (Å²) in [4.78, 5) is 0. The summed E-state index contributed by atoms with van der Waals surface area (Å²) in [6, 6.07) is 0. The Balaban J connectivity index is 0. The molecule has 0 aromatic rings. The number of unbranched alkanes of at least 4 members (excludes halogenated alkanes) is 33. The Morgan fingerprint density at radius 1 is 0.228 bits per heavy atom. The van der Waals surface area contributed by atoms with Crippen LogP contribution >= 0.6 is 12.4 Å². The average Bonchev–Trinajstić information content (AvgIpc) is 3.20. The predicted molar refractivity (Wildman–Crippen MR) is 266 cm³/mol. The van der Waals surface area contributed by atoms with Crippen LogP contribution in [0.15, 0.2) is 0 Å². The third kappa shape index (κ3) is 34.5. The summed E-state index contributed by atoms with van der Waals surface area (Å²) in [5, 5.41) is 0. The Morgan fingerprint density at radius 3 is 0.491 bits per heavy atom. The molecule has 1 nitrogen and oxygen atoms in total. The molecule has 3 unspecified atom stereocenters. The summed E-state index contributed by atoms with van der Waals surface area (Å²) < 4.78 is 0. The van der Waals surface area contributed by atoms with Crippen molar-refractivity contribution in [3.63, 3.8) is 0 Å². The third-order valence-electron chi connectivity index (χ3n) is 14.3. The molecule has 57 heavy (non-hydrogen) atoms. The van der Waals surface area contributed by atoms with Gasteiger partial charge in [-0.3, -0.25) is 0 Å². The summed E-state index contributed by atoms with van der Waals surface area (Å²) in [5.41, 5.74) is 8.58. The van der Waals surface area contributed by atoms with Gasteiger partial charge in [0.25, 0.3) is 0 Å². The van der Waals surface area contributed by atoms with Crippen LogP contribution in [0, 0.1) is 17.8 Å². The van der Waals surface area contributed by atoms with Crippen LogP contribution in [0.2, 0.25) is 0 Å². The van der Waals surface area contributed by atoms with Crippen LogP contribution < -0.4 is 5.73 Å². The van der Waals surface area contributed by atoms with Crippen molar-refractivity contribution in [2.45, 2.75) is 336 Å². The average molecular weight is 825 g/mol. The highest BCUT2D eigenvalue weighted by molar-refractivity contribution is 5.85. The van der Waals surface area contributed by atoms with Crippen LogP contribution in [0.4, 0.5) is 0 Å². The number of hydrogen-bond donors (Lipinski definition) is 1. The van der Waals surface area contributed by atoms with Crippen molar-refractivity contribution in [3.05, 3.63) is 0 Å². The Morgan fingerprint density at radius 2 is 0.351 bits per heavy atom. The molecule has 346 valence electrons. The molecule has 0 saturated heterocycles. The van der Waals surface area contributed by atoms with Crippen molar-refractivity contribution in [3.8, 4) is 0 Å². The molecule has 2 N–H and O–H groups in total. The molecule has 0 radical (unpaired) electrons. The Kier molecular flexibility index (Phi) is 49.2. The summed E-state index contributed by atoms with van der Waals surface area (Å²) in [7, 11) is 0. The maximum atomic E-state index is 8.56. The van der Waals surface area contributed by atoms with Crippen molar-refractivity contribution < 1.29 is 0 Å². The molecule has 0 aromatic heterocycles. The molecular weight excluding hydrogens is 710 g/mol. The number of hydrogen-bond acceptors (Lipinski definition) is 1. The molecule has 0 spiro atoms. The number of halogens is 1. The highest BCUT2D eigenvalue weighted by Crippen LogP contribution is 2.46. The van der Waals surface area contributed by atoms with Gasteiger partial charge in [-0.15, -0.1) is 12.4 Å². The normalized spacial score (nSPS) is 14.4. The Labute approximate surface area is 370 Å². The van der Waals surface area contributed by atoms with Crippen LogP contribution in [-0.2, 0) is 0 Å². The van der Waals surface area contributed by atoms with Crippen molar-refractivity contribution in [2.75, 3.05) is 0 Å². The highest BCUT2D eigenvalue weighted by atomic mass is 35.5. The van der Waals surface area contributed by atoms with E-state index in [1.165, 1.54) is 289 Å². The van der Waals surface area contributed by atoms with Crippen molar-refractivity contribution >= 4 is 12.4 Å². The van der Waals surface area contributed by atoms with Crippen molar-refractivity contribution in [1.29, 1.82) is 0 Å². The van der Waals surface area contributed by atoms with E-state index in [1.807, 2.05) is 0 Å². The lowest BCUT2D eigenvalue weighted by Crippen LogP contribution is -2.59. The first-order chi connectivity index (χ1) is 27.6. The molecule has 0 aliphatic carbocycles. The van der Waals surface area contributed by atoms with Crippen LogP contribution in [0.1, 0.15) is 330 Å². The lowest BCUT2D eigenvalue weighted by Gasteiger charge is -2.50. The minimum absolute atomic E-state index is 0. The van der Waals surface area contributed by atoms with E-state index >= 15 is 0 Å². The van der Waals surface area contributed by atoms with Crippen LogP contribution in [0.5, 0.6) is 0 Å². The second kappa shape index (κ2) is 47.3. The van der Waals surface area contributed by atoms with E-state index in [0.29, 0.717) is 17.8 Å². The molecule has 3 atom stereocenters. The maximum Gasteiger partial charge on any atom is 0.0240 e. The van der Waals surface area contributed by atoms with E-state index in [9.17, 15) is 0 Å². The zero-order valence-corrected chi connectivity index (χ0v) is 41.9. The van der Waals surface area contributed by atoms with Gasteiger partial charge in [-0.25, -0.2) is 0 Å². The van der Waals surface area contributed by atoms with E-state index in [-0.39, 0.29) is 17.9 Å². The first-order valence-corrected chi connectivity index (χ1v) is 27.3. The number of rotatable bonds is 48. The van der Waals surface area contributed by atoms with Gasteiger partial charge in [-0.1, -0.05) is 292 Å². The zero-order valence-electron chi connectivity index (χ0n) is 41.0. The minimum Gasteiger partial charge on any atom is -0.324 e. The molecule has 0 amide bonds. The van der Waals surface area contributed by atoms with Crippen LogP contribution in [-0.4, -0.2) is 5.54 Å². The van der Waals surface area contributed by atoms with E-state index in [0.717, 1.165) is 0 Å². The van der Waals surface area contributed by atoms with Gasteiger partial charge in [0.15, 0.2) is 0 Å². The van der Waals surface area contributed by atoms with Gasteiger partial charge in [0.1, 0.15) is 0 Å². The van der Waals surface area contributed by atoms with E-state index in [1.54, 1.807) is 0 Å². The molecule has 0 aliphatic rings. The minimum atomic E-state index is 0. The second-order valence-corrected chi connectivity index (χ2v) is 19.5. The first kappa shape index (κ1) is 59.3. The summed E-state index contributed by atoms with van der Waals surface area (Å²) in [5.74, 6) is 2.15. The standard InChI is InChI=1S/C55H113N.ClH/c1-7-13-19-25-31-37-43-49-52(46-40-34-28-22-16-10-4)55(56,53(47-41-35-29-23-17-11-5)50-44-38-32-26-20-14-8-2)54(48-42-36-30-24-18-12-6)51-45-39-33-27-21-15-9-3;/h52-54H,7-51,56H2,1-6H3;1H. The fourth-order valence-electron chi connectivity index (χ4n) is 10.5. The van der Waals surface area contributed by atoms with Gasteiger partial charge in [-0.2, -0.15) is 0 Å². The van der Waals surface area contributed by atoms with Gasteiger partial charge in [-0.05, 0) is 56.3 Å². The summed E-state index contributed by atoms with van der Waals surface area (Å²) in [6.45, 7) is 14.2. The SMILES string of the molecule is CCCCCCCCCC(CCCCCCCC)C(N)(C(CCCCCCCC)CCCCCCCCC)C(CCCCCCCC)CCCCCCCCC.Cl. The molecule has 0 heterocycles. The molecule has 0 rings (SSSR count). The second-order valence-electron chi connectivity index (χ2n) is 19.5. The zero-order chi connectivity index (χ0) is 41.1. The smallest absolute Gasteiger partial charge is 0.0240 e. The van der Waals surface area contributed by atoms with E-state index in [2.05, 4.69) is 41.5 Å². The first-order valence-electron chi connectivity index (χ1n) is 27.3. The number of nitrogens with two attached hydrogens (primary N) is 1. The third-order valence-corrected chi connectivity index (χ3v) is 14.3. The molecule has 0 aromatic carbocycles. The van der Waals surface area contributed by atoms with Crippen LogP contribution in [0.3, 0.4) is 0 Å². The lowest BCUT2D eigenvalue weighted by atomic mass is 9.59.